The van der Waals surface area contributed by atoms with E-state index in [2.05, 4.69) is 4.74 Å². The molecule has 0 aliphatic rings. The van der Waals surface area contributed by atoms with Crippen LogP contribution in [0.1, 0.15) is 40.0 Å². The number of carbonyl (C=O) groups excluding carboxylic acids is 2. The molecule has 0 radical (unpaired) electrons. The summed E-state index contributed by atoms with van der Waals surface area (Å²) in [5.74, 6) is -0.554. The van der Waals surface area contributed by atoms with Crippen LogP contribution in [0.5, 0.6) is 0 Å². The lowest BCUT2D eigenvalue weighted by atomic mass is 10.1. The molecule has 0 aromatic carbocycles. The zero-order valence-electron chi connectivity index (χ0n) is 7.92. The lowest BCUT2D eigenvalue weighted by molar-refractivity contribution is -0.159. The maximum atomic E-state index is 10.9. The molecular weight excluding hydrogens is 156 g/mol. The van der Waals surface area contributed by atoms with Crippen molar-refractivity contribution >= 4 is 11.9 Å². The molecule has 0 aliphatic heterocycles. The van der Waals surface area contributed by atoms with Crippen LogP contribution in [0.25, 0.3) is 0 Å². The normalized spacial score (nSPS) is 12.2. The van der Waals surface area contributed by atoms with Gasteiger partial charge in [-0.25, -0.2) is 0 Å². The lowest BCUT2D eigenvalue weighted by Crippen LogP contribution is -2.13. The van der Waals surface area contributed by atoms with Crippen LogP contribution >= 0.6 is 0 Å². The molecule has 0 rings (SSSR count). The van der Waals surface area contributed by atoms with Crippen molar-refractivity contribution in [3.05, 3.63) is 0 Å². The molecular formula is C9H16O3. The third kappa shape index (κ3) is 4.88. The zero-order chi connectivity index (χ0) is 9.56. The highest BCUT2D eigenvalue weighted by Crippen LogP contribution is 2.07. The van der Waals surface area contributed by atoms with Gasteiger partial charge in [0.1, 0.15) is 0 Å². The van der Waals surface area contributed by atoms with E-state index in [1.54, 1.807) is 6.92 Å². The predicted molar refractivity (Wildman–Crippen MR) is 45.5 cm³/mol. The summed E-state index contributed by atoms with van der Waals surface area (Å²) in [6.45, 7) is 5.62. The van der Waals surface area contributed by atoms with Gasteiger partial charge in [-0.1, -0.05) is 27.2 Å². The average Bonchev–Trinajstić information content (AvgIpc) is 2.03. The molecule has 0 saturated heterocycles. The molecule has 0 spiro atoms. The van der Waals surface area contributed by atoms with E-state index >= 15 is 0 Å². The van der Waals surface area contributed by atoms with Crippen LogP contribution in [0.2, 0.25) is 0 Å². The topological polar surface area (TPSA) is 43.4 Å². The summed E-state index contributed by atoms with van der Waals surface area (Å²) < 4.78 is 4.49. The SMILES string of the molecule is CCC(=O)OC(=O)CC(C)CC. The average molecular weight is 172 g/mol. The Bertz CT molecular complexity index is 163. The maximum Gasteiger partial charge on any atom is 0.313 e. The van der Waals surface area contributed by atoms with E-state index in [-0.39, 0.29) is 6.42 Å². The minimum absolute atomic E-state index is 0.256. The minimum Gasteiger partial charge on any atom is -0.393 e. The molecule has 0 aromatic heterocycles. The van der Waals surface area contributed by atoms with Gasteiger partial charge in [-0.05, 0) is 5.92 Å². The molecule has 0 aromatic rings. The Hall–Kier alpha value is -0.860. The van der Waals surface area contributed by atoms with Crippen molar-refractivity contribution in [1.29, 1.82) is 0 Å². The van der Waals surface area contributed by atoms with E-state index in [4.69, 9.17) is 0 Å². The standard InChI is InChI=1S/C9H16O3/c1-4-7(3)6-9(11)12-8(10)5-2/h7H,4-6H2,1-3H3. The molecule has 1 unspecified atom stereocenters. The predicted octanol–water partition coefficient (Wildman–Crippen LogP) is 1.90. The largest absolute Gasteiger partial charge is 0.393 e. The van der Waals surface area contributed by atoms with Crippen LogP contribution in [-0.4, -0.2) is 11.9 Å². The van der Waals surface area contributed by atoms with E-state index in [0.29, 0.717) is 12.3 Å². The number of hydrogen-bond acceptors (Lipinski definition) is 3. The Morgan fingerprint density at radius 3 is 2.25 bits per heavy atom. The molecule has 0 N–H and O–H groups in total. The smallest absolute Gasteiger partial charge is 0.313 e. The maximum absolute atomic E-state index is 10.9. The highest BCUT2D eigenvalue weighted by atomic mass is 16.6. The minimum atomic E-state index is -0.441. The lowest BCUT2D eigenvalue weighted by Gasteiger charge is -2.05. The van der Waals surface area contributed by atoms with Crippen LogP contribution in [0.3, 0.4) is 0 Å². The van der Waals surface area contributed by atoms with Gasteiger partial charge < -0.3 is 4.74 Å². The Labute approximate surface area is 73.1 Å². The Balaban J connectivity index is 3.66. The summed E-state index contributed by atoms with van der Waals surface area (Å²) in [7, 11) is 0. The second-order valence-corrected chi connectivity index (χ2v) is 2.92. The van der Waals surface area contributed by atoms with Crippen molar-refractivity contribution < 1.29 is 14.3 Å². The fraction of sp³-hybridized carbons (Fsp3) is 0.778. The second kappa shape index (κ2) is 5.75. The number of hydrogen-bond donors (Lipinski definition) is 0. The Morgan fingerprint density at radius 2 is 1.83 bits per heavy atom. The van der Waals surface area contributed by atoms with Crippen molar-refractivity contribution in [2.24, 2.45) is 5.92 Å². The van der Waals surface area contributed by atoms with Crippen molar-refractivity contribution in [3.8, 4) is 0 Å². The number of carbonyl (C=O) groups is 2. The molecule has 0 bridgehead atoms. The molecule has 0 fully saturated rings. The highest BCUT2D eigenvalue weighted by molar-refractivity contribution is 5.85. The van der Waals surface area contributed by atoms with E-state index < -0.39 is 11.9 Å². The van der Waals surface area contributed by atoms with E-state index in [9.17, 15) is 9.59 Å². The van der Waals surface area contributed by atoms with Crippen LogP contribution in [0.4, 0.5) is 0 Å². The molecule has 12 heavy (non-hydrogen) atoms. The molecule has 0 aliphatic carbocycles. The second-order valence-electron chi connectivity index (χ2n) is 2.92. The number of rotatable bonds is 4. The fourth-order valence-electron chi connectivity index (χ4n) is 0.670. The van der Waals surface area contributed by atoms with Crippen molar-refractivity contribution in [1.82, 2.24) is 0 Å². The van der Waals surface area contributed by atoms with Gasteiger partial charge in [0, 0.05) is 12.8 Å². The molecule has 1 atom stereocenters. The molecule has 3 nitrogen and oxygen atoms in total. The van der Waals surface area contributed by atoms with Crippen molar-refractivity contribution in [3.63, 3.8) is 0 Å². The number of ether oxygens (including phenoxy) is 1. The van der Waals surface area contributed by atoms with Gasteiger partial charge in [0.25, 0.3) is 0 Å². The first kappa shape index (κ1) is 11.1. The first-order chi connectivity index (χ1) is 5.60. The van der Waals surface area contributed by atoms with E-state index in [1.165, 1.54) is 0 Å². The quantitative estimate of drug-likeness (QED) is 0.480. The monoisotopic (exact) mass is 172 g/mol. The van der Waals surface area contributed by atoms with Crippen LogP contribution in [-0.2, 0) is 14.3 Å². The van der Waals surface area contributed by atoms with Crippen LogP contribution in [0.15, 0.2) is 0 Å². The summed E-state index contributed by atoms with van der Waals surface area (Å²) in [6.07, 6.45) is 1.52. The summed E-state index contributed by atoms with van der Waals surface area (Å²) in [5.41, 5.74) is 0. The summed E-state index contributed by atoms with van der Waals surface area (Å²) in [4.78, 5) is 21.6. The molecule has 3 heteroatoms. The summed E-state index contributed by atoms with van der Waals surface area (Å²) in [6, 6.07) is 0. The van der Waals surface area contributed by atoms with Gasteiger partial charge >= 0.3 is 11.9 Å². The van der Waals surface area contributed by atoms with E-state index in [0.717, 1.165) is 6.42 Å². The first-order valence-corrected chi connectivity index (χ1v) is 4.33. The molecule has 0 saturated carbocycles. The van der Waals surface area contributed by atoms with Gasteiger partial charge in [-0.2, -0.15) is 0 Å². The third-order valence-electron chi connectivity index (χ3n) is 1.73. The van der Waals surface area contributed by atoms with Crippen molar-refractivity contribution in [2.45, 2.75) is 40.0 Å². The van der Waals surface area contributed by atoms with Gasteiger partial charge in [-0.15, -0.1) is 0 Å². The number of esters is 2. The molecule has 0 amide bonds. The Kier molecular flexibility index (Phi) is 5.34. The van der Waals surface area contributed by atoms with Gasteiger partial charge in [0.15, 0.2) is 0 Å². The van der Waals surface area contributed by atoms with E-state index in [1.807, 2.05) is 13.8 Å². The van der Waals surface area contributed by atoms with Crippen LogP contribution in [0, 0.1) is 5.92 Å². The first-order valence-electron chi connectivity index (χ1n) is 4.33. The molecule has 70 valence electrons. The van der Waals surface area contributed by atoms with Gasteiger partial charge in [0.05, 0.1) is 0 Å². The summed E-state index contributed by atoms with van der Waals surface area (Å²) >= 11 is 0. The van der Waals surface area contributed by atoms with Crippen LogP contribution < -0.4 is 0 Å². The highest BCUT2D eigenvalue weighted by Gasteiger charge is 2.11. The summed E-state index contributed by atoms with van der Waals surface area (Å²) in [5, 5.41) is 0. The van der Waals surface area contributed by atoms with Crippen molar-refractivity contribution in [2.75, 3.05) is 0 Å². The molecule has 0 heterocycles. The fourth-order valence-corrected chi connectivity index (χ4v) is 0.670. The van der Waals surface area contributed by atoms with Gasteiger partial charge in [-0.3, -0.25) is 9.59 Å². The van der Waals surface area contributed by atoms with Gasteiger partial charge in [0.2, 0.25) is 0 Å². The zero-order valence-corrected chi connectivity index (χ0v) is 7.92. The third-order valence-corrected chi connectivity index (χ3v) is 1.73. The Morgan fingerprint density at radius 1 is 1.25 bits per heavy atom.